The minimum atomic E-state index is -0.291. The van der Waals surface area contributed by atoms with E-state index in [0.717, 1.165) is 100 Å². The van der Waals surface area contributed by atoms with Crippen molar-refractivity contribution in [2.24, 2.45) is 0 Å². The molecular formula is C54H32B2N4O3. The molecule has 0 amide bonds. The Bertz CT molecular complexity index is 3720. The van der Waals surface area contributed by atoms with E-state index in [9.17, 15) is 0 Å². The number of furan rings is 2. The van der Waals surface area contributed by atoms with E-state index in [1.807, 2.05) is 42.5 Å². The molecule has 8 aromatic carbocycles. The van der Waals surface area contributed by atoms with Crippen LogP contribution in [0.3, 0.4) is 0 Å². The summed E-state index contributed by atoms with van der Waals surface area (Å²) in [5.41, 5.74) is 15.8. The third-order valence-corrected chi connectivity index (χ3v) is 13.1. The summed E-state index contributed by atoms with van der Waals surface area (Å²) in [6, 6.07) is 64.0. The van der Waals surface area contributed by atoms with Crippen molar-refractivity contribution in [3.63, 3.8) is 0 Å². The van der Waals surface area contributed by atoms with Crippen LogP contribution >= 0.6 is 0 Å². The van der Waals surface area contributed by atoms with Gasteiger partial charge in [-0.3, -0.25) is 9.97 Å². The van der Waals surface area contributed by atoms with E-state index in [2.05, 4.69) is 149 Å². The maximum Gasteiger partial charge on any atom is 0.290 e. The van der Waals surface area contributed by atoms with Crippen LogP contribution in [0, 0.1) is 0 Å². The van der Waals surface area contributed by atoms with Gasteiger partial charge in [-0.15, -0.1) is 0 Å². The first kappa shape index (κ1) is 34.4. The number of rotatable bonds is 4. The fourth-order valence-electron chi connectivity index (χ4n) is 10.5. The van der Waals surface area contributed by atoms with Crippen LogP contribution in [0.15, 0.2) is 203 Å². The van der Waals surface area contributed by atoms with Gasteiger partial charge in [0.25, 0.3) is 13.4 Å². The highest BCUT2D eigenvalue weighted by Crippen LogP contribution is 2.50. The van der Waals surface area contributed by atoms with Crippen molar-refractivity contribution in [1.82, 2.24) is 14.5 Å². The van der Waals surface area contributed by atoms with Crippen LogP contribution in [0.4, 0.5) is 17.1 Å². The topological polar surface area (TPSA) is 69.5 Å². The van der Waals surface area contributed by atoms with Gasteiger partial charge >= 0.3 is 0 Å². The molecule has 63 heavy (non-hydrogen) atoms. The molecule has 0 saturated heterocycles. The van der Waals surface area contributed by atoms with Crippen molar-refractivity contribution in [1.29, 1.82) is 0 Å². The number of fused-ring (bicyclic) bond motifs is 13. The molecule has 0 saturated carbocycles. The van der Waals surface area contributed by atoms with Gasteiger partial charge in [-0.05, 0) is 89.8 Å². The number of aromatic nitrogens is 3. The summed E-state index contributed by atoms with van der Waals surface area (Å²) in [6.07, 6.45) is 3.52. The molecule has 12 aromatic rings. The molecule has 0 bridgehead atoms. The lowest BCUT2D eigenvalue weighted by molar-refractivity contribution is 0.477. The van der Waals surface area contributed by atoms with Crippen LogP contribution in [0.5, 0.6) is 11.5 Å². The SMILES string of the molecule is c1ccc2c(c1)Oc1ccccc1N2c1ccc(B2c3oc4ccc5nccnc5c4c3B(c3ccc(-n4c5ccccc5c5ccccc54)cc3)c3oc4ccccc4c32)cc1. The number of ether oxygens (including phenoxy) is 1. The summed E-state index contributed by atoms with van der Waals surface area (Å²) in [5, 5.41) is 4.50. The number of hydrogen-bond donors (Lipinski definition) is 0. The quantitative estimate of drug-likeness (QED) is 0.165. The Balaban J connectivity index is 0.981. The van der Waals surface area contributed by atoms with Gasteiger partial charge in [0.2, 0.25) is 0 Å². The summed E-state index contributed by atoms with van der Waals surface area (Å²) >= 11 is 0. The van der Waals surface area contributed by atoms with Gasteiger partial charge in [0, 0.05) is 45.3 Å². The van der Waals surface area contributed by atoms with Gasteiger partial charge in [-0.25, -0.2) is 0 Å². The molecule has 292 valence electrons. The minimum Gasteiger partial charge on any atom is -0.471 e. The lowest BCUT2D eigenvalue weighted by Gasteiger charge is -2.33. The van der Waals surface area contributed by atoms with E-state index in [4.69, 9.17) is 23.5 Å². The zero-order valence-corrected chi connectivity index (χ0v) is 33.6. The van der Waals surface area contributed by atoms with Crippen molar-refractivity contribution in [3.8, 4) is 17.2 Å². The van der Waals surface area contributed by atoms with E-state index in [1.165, 1.54) is 21.8 Å². The van der Waals surface area contributed by atoms with Gasteiger partial charge in [0.15, 0.2) is 11.5 Å². The molecule has 0 atom stereocenters. The highest BCUT2D eigenvalue weighted by molar-refractivity contribution is 7.12. The molecule has 2 aliphatic rings. The number of benzene rings is 8. The van der Waals surface area contributed by atoms with Crippen LogP contribution in [0.25, 0.3) is 60.5 Å². The number of hydrogen-bond acceptors (Lipinski definition) is 6. The highest BCUT2D eigenvalue weighted by atomic mass is 16.5. The van der Waals surface area contributed by atoms with E-state index < -0.39 is 0 Å². The molecular weight excluding hydrogens is 774 g/mol. The van der Waals surface area contributed by atoms with E-state index >= 15 is 0 Å². The van der Waals surface area contributed by atoms with E-state index in [1.54, 1.807) is 12.4 Å². The Kier molecular flexibility index (Phi) is 7.16. The fourth-order valence-corrected chi connectivity index (χ4v) is 10.5. The summed E-state index contributed by atoms with van der Waals surface area (Å²) in [4.78, 5) is 12.0. The molecule has 9 heteroatoms. The maximum atomic E-state index is 7.17. The first-order valence-electron chi connectivity index (χ1n) is 21.3. The van der Waals surface area contributed by atoms with Gasteiger partial charge in [-0.1, -0.05) is 114 Å². The molecule has 7 nitrogen and oxygen atoms in total. The molecule has 0 aliphatic carbocycles. The zero-order valence-electron chi connectivity index (χ0n) is 33.6. The molecule has 0 spiro atoms. The second-order valence-corrected chi connectivity index (χ2v) is 16.4. The van der Waals surface area contributed by atoms with Gasteiger partial charge in [0.1, 0.15) is 11.2 Å². The summed E-state index contributed by atoms with van der Waals surface area (Å²) in [5.74, 6) is 1.64. The lowest BCUT2D eigenvalue weighted by Crippen LogP contribution is -2.73. The summed E-state index contributed by atoms with van der Waals surface area (Å²) in [6.45, 7) is -0.565. The van der Waals surface area contributed by atoms with E-state index in [0.29, 0.717) is 0 Å². The smallest absolute Gasteiger partial charge is 0.290 e. The molecule has 0 fully saturated rings. The van der Waals surface area contributed by atoms with Gasteiger partial charge in [-0.2, -0.15) is 0 Å². The van der Waals surface area contributed by atoms with Crippen molar-refractivity contribution < 1.29 is 13.6 Å². The van der Waals surface area contributed by atoms with Gasteiger partial charge in [0.05, 0.1) is 44.8 Å². The average Bonchev–Trinajstić information content (AvgIpc) is 4.03. The van der Waals surface area contributed by atoms with Crippen LogP contribution in [-0.4, -0.2) is 28.0 Å². The number of nitrogens with zero attached hydrogens (tertiary/aromatic N) is 4. The Morgan fingerprint density at radius 2 is 0.968 bits per heavy atom. The maximum absolute atomic E-state index is 7.17. The zero-order chi connectivity index (χ0) is 41.2. The van der Waals surface area contributed by atoms with Crippen molar-refractivity contribution in [3.05, 3.63) is 194 Å². The fraction of sp³-hybridized carbons (Fsp3) is 0. The number of para-hydroxylation sites is 7. The Hall–Kier alpha value is -8.29. The normalized spacial score (nSPS) is 13.1. The second kappa shape index (κ2) is 13.1. The van der Waals surface area contributed by atoms with Crippen LogP contribution in [-0.2, 0) is 0 Å². The third-order valence-electron chi connectivity index (χ3n) is 13.1. The third kappa shape index (κ3) is 4.93. The van der Waals surface area contributed by atoms with Crippen molar-refractivity contribution in [2.45, 2.75) is 0 Å². The van der Waals surface area contributed by atoms with Gasteiger partial charge < -0.3 is 23.0 Å². The van der Waals surface area contributed by atoms with Crippen LogP contribution in [0.1, 0.15) is 0 Å². The first-order valence-corrected chi connectivity index (χ1v) is 21.3. The molecule has 0 radical (unpaired) electrons. The Labute approximate surface area is 361 Å². The predicted octanol–water partition coefficient (Wildman–Crippen LogP) is 9.14. The average molecular weight is 806 g/mol. The predicted molar refractivity (Wildman–Crippen MR) is 257 cm³/mol. The van der Waals surface area contributed by atoms with Crippen molar-refractivity contribution in [2.75, 3.05) is 4.90 Å². The monoisotopic (exact) mass is 806 g/mol. The highest BCUT2D eigenvalue weighted by Gasteiger charge is 2.47. The molecule has 6 heterocycles. The standard InChI is InChI=1S/C54H32B2N4O3/c1-4-14-41-37(11-1)38-12-2-5-15-42(38)59(41)35-25-23-34(24-26-35)56-51-49-48(30-29-40-52(49)58-32-31-57-40)63-54(51)55(50-39-13-3-8-18-45(39)62-53(50)56)33-21-27-36(28-22-33)60-43-16-6-9-19-46(43)61-47-20-10-7-17-44(47)60/h1-32H. The number of anilines is 3. The molecule has 14 rings (SSSR count). The largest absolute Gasteiger partial charge is 0.471 e. The Morgan fingerprint density at radius 3 is 1.67 bits per heavy atom. The first-order chi connectivity index (χ1) is 31.3. The molecule has 2 aliphatic heterocycles. The molecule has 0 N–H and O–H groups in total. The summed E-state index contributed by atoms with van der Waals surface area (Å²) in [7, 11) is 0. The molecule has 4 aromatic heterocycles. The summed E-state index contributed by atoms with van der Waals surface area (Å²) < 4.78 is 23.0. The van der Waals surface area contributed by atoms with E-state index in [-0.39, 0.29) is 13.4 Å². The molecule has 0 unspecified atom stereocenters. The van der Waals surface area contributed by atoms with Crippen molar-refractivity contribution >= 4 is 118 Å². The lowest BCUT2D eigenvalue weighted by atomic mass is 9.24. The minimum absolute atomic E-state index is 0.274. The Morgan fingerprint density at radius 1 is 0.429 bits per heavy atom. The van der Waals surface area contributed by atoms with Crippen LogP contribution < -0.4 is 42.8 Å². The second-order valence-electron chi connectivity index (χ2n) is 16.4. The van der Waals surface area contributed by atoms with Crippen LogP contribution in [0.2, 0.25) is 0 Å².